The minimum Gasteiger partial charge on any atom is -0.432 e. The molecule has 0 aliphatic carbocycles. The molecule has 1 rings (SSSR count). The van der Waals surface area contributed by atoms with Gasteiger partial charge in [-0.1, -0.05) is 32.0 Å². The van der Waals surface area contributed by atoms with E-state index in [1.54, 1.807) is 18.2 Å². The third-order valence-electron chi connectivity index (χ3n) is 1.76. The smallest absolute Gasteiger partial charge is 0.432 e. The molecule has 0 N–H and O–H groups in total. The number of carbonyl (C=O) groups is 2. The van der Waals surface area contributed by atoms with Crippen molar-refractivity contribution in [2.75, 3.05) is 6.61 Å². The van der Waals surface area contributed by atoms with Gasteiger partial charge in [0.15, 0.2) is 0 Å². The molecule has 0 aliphatic heterocycles. The molecule has 98 valence electrons. The van der Waals surface area contributed by atoms with Crippen LogP contribution in [0, 0.1) is 5.92 Å². The zero-order valence-electron chi connectivity index (χ0n) is 10.1. The normalized spacial score (nSPS) is 9.94. The van der Waals surface area contributed by atoms with E-state index in [-0.39, 0.29) is 18.1 Å². The van der Waals surface area contributed by atoms with Gasteiger partial charge in [0.1, 0.15) is 0 Å². The summed E-state index contributed by atoms with van der Waals surface area (Å²) < 4.78 is 4.61. The summed E-state index contributed by atoms with van der Waals surface area (Å²) in [6.45, 7) is 3.92. The number of ether oxygens (including phenoxy) is 1. The number of hydrogen-bond acceptors (Lipinski definition) is 6. The molecule has 0 aromatic heterocycles. The molecular weight excluding hydrogens is 240 g/mol. The third kappa shape index (κ3) is 5.31. The van der Waals surface area contributed by atoms with Crippen LogP contribution in [0.5, 0.6) is 0 Å². The Labute approximate surface area is 104 Å². The molecule has 0 saturated heterocycles. The van der Waals surface area contributed by atoms with E-state index in [1.165, 1.54) is 12.1 Å². The summed E-state index contributed by atoms with van der Waals surface area (Å²) >= 11 is 0. The van der Waals surface area contributed by atoms with Gasteiger partial charge in [0.2, 0.25) is 0 Å². The molecule has 0 heterocycles. The maximum atomic E-state index is 11.3. The van der Waals surface area contributed by atoms with E-state index in [0.717, 1.165) is 0 Å². The quantitative estimate of drug-likeness (QED) is 0.456. The average Bonchev–Trinajstić information content (AvgIpc) is 2.37. The van der Waals surface area contributed by atoms with E-state index in [0.29, 0.717) is 0 Å². The molecule has 0 radical (unpaired) electrons. The van der Waals surface area contributed by atoms with Crippen LogP contribution >= 0.6 is 0 Å². The molecule has 6 heteroatoms. The fourth-order valence-electron chi connectivity index (χ4n) is 0.957. The highest BCUT2D eigenvalue weighted by Gasteiger charge is 2.11. The van der Waals surface area contributed by atoms with Gasteiger partial charge in [-0.3, -0.25) is 4.89 Å². The first-order valence-electron chi connectivity index (χ1n) is 5.37. The first kappa shape index (κ1) is 14.0. The molecule has 1 aromatic rings. The zero-order valence-corrected chi connectivity index (χ0v) is 10.1. The Morgan fingerprint density at radius 1 is 1.11 bits per heavy atom. The summed E-state index contributed by atoms with van der Waals surface area (Å²) in [5.74, 6) is -0.600. The van der Waals surface area contributed by atoms with Crippen LogP contribution in [0.25, 0.3) is 0 Å². The van der Waals surface area contributed by atoms with E-state index >= 15 is 0 Å². The molecule has 0 spiro atoms. The molecule has 1 aromatic carbocycles. The minimum atomic E-state index is -1.07. The van der Waals surface area contributed by atoms with E-state index < -0.39 is 12.1 Å². The van der Waals surface area contributed by atoms with Gasteiger partial charge in [-0.2, -0.15) is 0 Å². The third-order valence-corrected chi connectivity index (χ3v) is 1.76. The summed E-state index contributed by atoms with van der Waals surface area (Å²) in [7, 11) is 0. The summed E-state index contributed by atoms with van der Waals surface area (Å²) in [5, 5.41) is 4.02. The zero-order chi connectivity index (χ0) is 13.4. The van der Waals surface area contributed by atoms with Gasteiger partial charge in [-0.05, 0) is 18.1 Å². The molecule has 18 heavy (non-hydrogen) atoms. The monoisotopic (exact) mass is 254 g/mol. The lowest BCUT2D eigenvalue weighted by atomic mass is 10.2. The second-order valence-electron chi connectivity index (χ2n) is 3.84. The van der Waals surface area contributed by atoms with Crippen LogP contribution in [0.1, 0.15) is 24.2 Å². The van der Waals surface area contributed by atoms with Crippen molar-refractivity contribution in [2.24, 2.45) is 5.92 Å². The molecular formula is C12H14O6. The van der Waals surface area contributed by atoms with Crippen molar-refractivity contribution >= 4 is 12.1 Å². The second kappa shape index (κ2) is 7.29. The second-order valence-corrected chi connectivity index (χ2v) is 3.84. The summed E-state index contributed by atoms with van der Waals surface area (Å²) in [4.78, 5) is 30.5. The van der Waals surface area contributed by atoms with Crippen molar-refractivity contribution in [1.82, 2.24) is 0 Å². The average molecular weight is 254 g/mol. The van der Waals surface area contributed by atoms with Gasteiger partial charge in [-0.15, -0.1) is 0 Å². The number of rotatable bonds is 5. The van der Waals surface area contributed by atoms with Crippen molar-refractivity contribution in [1.29, 1.82) is 0 Å². The Morgan fingerprint density at radius 2 is 1.78 bits per heavy atom. The molecule has 0 aliphatic rings. The predicted octanol–water partition coefficient (Wildman–Crippen LogP) is 2.50. The van der Waals surface area contributed by atoms with Gasteiger partial charge < -0.3 is 4.74 Å². The van der Waals surface area contributed by atoms with Gasteiger partial charge in [0.25, 0.3) is 0 Å². The summed E-state index contributed by atoms with van der Waals surface area (Å²) in [5.41, 5.74) is 0.275. The van der Waals surface area contributed by atoms with Crippen molar-refractivity contribution in [2.45, 2.75) is 13.8 Å². The van der Waals surface area contributed by atoms with Gasteiger partial charge in [0, 0.05) is 0 Å². The first-order valence-corrected chi connectivity index (χ1v) is 5.37. The standard InChI is InChI=1S/C12H14O6/c1-9(2)8-15-12(14)17-18-16-11(13)10-6-4-3-5-7-10/h3-7,9H,8H2,1-2H3. The maximum Gasteiger partial charge on any atom is 0.543 e. The van der Waals surface area contributed by atoms with Crippen LogP contribution in [0.2, 0.25) is 0 Å². The fourth-order valence-corrected chi connectivity index (χ4v) is 0.957. The molecule has 0 unspecified atom stereocenters. The number of hydrogen-bond donors (Lipinski definition) is 0. The molecule has 0 amide bonds. The lowest BCUT2D eigenvalue weighted by molar-refractivity contribution is -0.452. The fraction of sp³-hybridized carbons (Fsp3) is 0.333. The van der Waals surface area contributed by atoms with Crippen LogP contribution in [-0.2, 0) is 19.6 Å². The Kier molecular flexibility index (Phi) is 5.66. The van der Waals surface area contributed by atoms with E-state index in [4.69, 9.17) is 0 Å². The van der Waals surface area contributed by atoms with Crippen LogP contribution in [-0.4, -0.2) is 18.7 Å². The van der Waals surface area contributed by atoms with Crippen molar-refractivity contribution in [3.05, 3.63) is 35.9 Å². The number of carbonyl (C=O) groups excluding carboxylic acids is 2. The highest BCUT2D eigenvalue weighted by Crippen LogP contribution is 2.02. The van der Waals surface area contributed by atoms with Gasteiger partial charge >= 0.3 is 12.1 Å². The van der Waals surface area contributed by atoms with Gasteiger partial charge in [-0.25, -0.2) is 14.5 Å². The Hall–Kier alpha value is -2.08. The molecule has 0 atom stereocenters. The highest BCUT2D eigenvalue weighted by atomic mass is 17.5. The molecule has 0 bridgehead atoms. The molecule has 6 nitrogen and oxygen atoms in total. The van der Waals surface area contributed by atoms with E-state index in [1.807, 2.05) is 13.8 Å². The molecule has 0 fully saturated rings. The van der Waals surface area contributed by atoms with Crippen LogP contribution in [0.4, 0.5) is 4.79 Å². The lowest BCUT2D eigenvalue weighted by Gasteiger charge is -2.05. The van der Waals surface area contributed by atoms with Crippen molar-refractivity contribution in [3.63, 3.8) is 0 Å². The maximum absolute atomic E-state index is 11.3. The van der Waals surface area contributed by atoms with Crippen LogP contribution in [0.15, 0.2) is 30.3 Å². The minimum absolute atomic E-state index is 0.171. The topological polar surface area (TPSA) is 71.1 Å². The highest BCUT2D eigenvalue weighted by molar-refractivity contribution is 5.88. The largest absolute Gasteiger partial charge is 0.543 e. The Balaban J connectivity index is 2.22. The number of benzene rings is 1. The SMILES string of the molecule is CC(C)COC(=O)OOOC(=O)c1ccccc1. The van der Waals surface area contributed by atoms with Crippen LogP contribution < -0.4 is 0 Å². The van der Waals surface area contributed by atoms with Crippen molar-refractivity contribution < 1.29 is 29.1 Å². The van der Waals surface area contributed by atoms with Crippen molar-refractivity contribution in [3.8, 4) is 0 Å². The van der Waals surface area contributed by atoms with Gasteiger partial charge in [0.05, 0.1) is 17.2 Å². The lowest BCUT2D eigenvalue weighted by Crippen LogP contribution is -2.14. The van der Waals surface area contributed by atoms with E-state index in [9.17, 15) is 9.59 Å². The Morgan fingerprint density at radius 3 is 2.39 bits per heavy atom. The predicted molar refractivity (Wildman–Crippen MR) is 60.2 cm³/mol. The van der Waals surface area contributed by atoms with E-state index in [2.05, 4.69) is 19.6 Å². The Bertz CT molecular complexity index is 387. The molecule has 0 saturated carbocycles. The summed E-state index contributed by atoms with van der Waals surface area (Å²) in [6.07, 6.45) is -1.07. The first-order chi connectivity index (χ1) is 8.59. The van der Waals surface area contributed by atoms with Crippen LogP contribution in [0.3, 0.4) is 0 Å². The summed E-state index contributed by atoms with van der Waals surface area (Å²) in [6, 6.07) is 8.13.